The molecule has 3 rings (SSSR count). The quantitative estimate of drug-likeness (QED) is 0.793. The molecule has 0 bridgehead atoms. The first-order valence-electron chi connectivity index (χ1n) is 7.14. The zero-order chi connectivity index (χ0) is 16.1. The number of phenols is 1. The number of nitriles is 1. The molecule has 0 amide bonds. The van der Waals surface area contributed by atoms with Crippen molar-refractivity contribution in [2.24, 2.45) is 0 Å². The number of hydrogen-bond acceptors (Lipinski definition) is 4. The number of pyridine rings is 1. The van der Waals surface area contributed by atoms with E-state index in [-0.39, 0.29) is 11.3 Å². The molecule has 0 aliphatic rings. The van der Waals surface area contributed by atoms with Gasteiger partial charge in [0.05, 0.1) is 16.8 Å². The number of benzene rings is 2. The summed E-state index contributed by atoms with van der Waals surface area (Å²) in [4.78, 5) is 4.25. The summed E-state index contributed by atoms with van der Waals surface area (Å²) < 4.78 is 5.85. The average molecular weight is 302 g/mol. The van der Waals surface area contributed by atoms with E-state index in [9.17, 15) is 5.11 Å². The van der Waals surface area contributed by atoms with Crippen LogP contribution < -0.4 is 4.74 Å². The van der Waals surface area contributed by atoms with Crippen LogP contribution in [0.5, 0.6) is 11.5 Å². The number of nitrogens with zero attached hydrogens (tertiary/aromatic N) is 2. The van der Waals surface area contributed by atoms with Crippen LogP contribution in [0.25, 0.3) is 11.3 Å². The van der Waals surface area contributed by atoms with Crippen LogP contribution in [0.3, 0.4) is 0 Å². The molecule has 4 heteroatoms. The fraction of sp³-hybridized carbons (Fsp3) is 0.0526. The van der Waals surface area contributed by atoms with Gasteiger partial charge >= 0.3 is 0 Å². The molecule has 0 unspecified atom stereocenters. The smallest absolute Gasteiger partial charge is 0.146 e. The van der Waals surface area contributed by atoms with Crippen molar-refractivity contribution in [3.63, 3.8) is 0 Å². The van der Waals surface area contributed by atoms with Crippen LogP contribution in [0.15, 0.2) is 66.9 Å². The molecule has 4 nitrogen and oxygen atoms in total. The first kappa shape index (κ1) is 14.6. The van der Waals surface area contributed by atoms with Crippen LogP contribution in [0.2, 0.25) is 0 Å². The number of aromatic hydroxyl groups is 1. The van der Waals surface area contributed by atoms with E-state index < -0.39 is 0 Å². The number of phenolic OH excluding ortho intramolecular Hbond substituents is 1. The van der Waals surface area contributed by atoms with Crippen molar-refractivity contribution in [1.82, 2.24) is 4.98 Å². The van der Waals surface area contributed by atoms with Crippen molar-refractivity contribution in [1.29, 1.82) is 5.26 Å². The maximum absolute atomic E-state index is 10.4. The van der Waals surface area contributed by atoms with Gasteiger partial charge in [-0.05, 0) is 29.8 Å². The summed E-state index contributed by atoms with van der Waals surface area (Å²) in [5.41, 5.74) is 2.20. The van der Waals surface area contributed by atoms with E-state index in [2.05, 4.69) is 4.98 Å². The van der Waals surface area contributed by atoms with Crippen molar-refractivity contribution in [3.05, 3.63) is 78.0 Å². The highest BCUT2D eigenvalue weighted by atomic mass is 16.5. The number of hydrogen-bond donors (Lipinski definition) is 1. The molecule has 23 heavy (non-hydrogen) atoms. The lowest BCUT2D eigenvalue weighted by Gasteiger charge is -2.13. The predicted octanol–water partition coefficient (Wildman–Crippen LogP) is 3.90. The Balaban J connectivity index is 2.00. The maximum atomic E-state index is 10.4. The third kappa shape index (κ3) is 3.14. The minimum atomic E-state index is -0.114. The van der Waals surface area contributed by atoms with Gasteiger partial charge in [0.25, 0.3) is 0 Å². The molecule has 0 atom stereocenters. The molecule has 1 aromatic heterocycles. The van der Waals surface area contributed by atoms with Crippen LogP contribution in [-0.2, 0) is 6.61 Å². The van der Waals surface area contributed by atoms with Crippen LogP contribution in [-0.4, -0.2) is 10.1 Å². The van der Waals surface area contributed by atoms with Crippen LogP contribution in [0, 0.1) is 11.3 Å². The number of rotatable bonds is 4. The van der Waals surface area contributed by atoms with E-state index in [1.807, 2.05) is 42.5 Å². The normalized spacial score (nSPS) is 10.0. The summed E-state index contributed by atoms with van der Waals surface area (Å²) in [7, 11) is 0. The van der Waals surface area contributed by atoms with Crippen LogP contribution in [0.1, 0.15) is 11.1 Å². The number of aromatic nitrogens is 1. The second kappa shape index (κ2) is 6.63. The van der Waals surface area contributed by atoms with E-state index in [0.717, 1.165) is 5.56 Å². The summed E-state index contributed by atoms with van der Waals surface area (Å²) in [6.45, 7) is 0.367. The molecule has 2 aromatic carbocycles. The minimum absolute atomic E-state index is 0.114. The highest BCUT2D eigenvalue weighted by Crippen LogP contribution is 2.39. The molecule has 112 valence electrons. The Kier molecular flexibility index (Phi) is 4.21. The van der Waals surface area contributed by atoms with Crippen molar-refractivity contribution in [2.45, 2.75) is 6.61 Å². The molecule has 0 radical (unpaired) electrons. The second-order valence-electron chi connectivity index (χ2n) is 4.94. The van der Waals surface area contributed by atoms with Gasteiger partial charge in [0.2, 0.25) is 0 Å². The van der Waals surface area contributed by atoms with E-state index >= 15 is 0 Å². The lowest BCUT2D eigenvalue weighted by molar-refractivity contribution is 0.306. The Bertz CT molecular complexity index is 840. The second-order valence-corrected chi connectivity index (χ2v) is 4.94. The van der Waals surface area contributed by atoms with Crippen LogP contribution >= 0.6 is 0 Å². The standard InChI is InChI=1S/C19H14N2O2/c20-12-15-9-10-17(23-13-14-6-2-1-3-7-14)18(19(15)22)16-8-4-5-11-21-16/h1-11,22H,13H2. The lowest BCUT2D eigenvalue weighted by Crippen LogP contribution is -1.98. The Morgan fingerprint density at radius 3 is 2.48 bits per heavy atom. The van der Waals surface area contributed by atoms with Gasteiger partial charge in [0.15, 0.2) is 0 Å². The number of ether oxygens (including phenoxy) is 1. The topological polar surface area (TPSA) is 66.1 Å². The van der Waals surface area contributed by atoms with Crippen molar-refractivity contribution >= 4 is 0 Å². The zero-order valence-corrected chi connectivity index (χ0v) is 12.3. The highest BCUT2D eigenvalue weighted by Gasteiger charge is 2.16. The first-order chi connectivity index (χ1) is 11.3. The summed E-state index contributed by atoms with van der Waals surface area (Å²) in [5, 5.41) is 19.5. The largest absolute Gasteiger partial charge is 0.506 e. The van der Waals surface area contributed by atoms with Gasteiger partial charge in [-0.1, -0.05) is 36.4 Å². The molecule has 0 fully saturated rings. The fourth-order valence-electron chi connectivity index (χ4n) is 2.28. The summed E-state index contributed by atoms with van der Waals surface area (Å²) >= 11 is 0. The van der Waals surface area contributed by atoms with Crippen molar-refractivity contribution < 1.29 is 9.84 Å². The Morgan fingerprint density at radius 2 is 1.78 bits per heavy atom. The molecule has 0 saturated carbocycles. The molecule has 0 saturated heterocycles. The van der Waals surface area contributed by atoms with E-state index in [0.29, 0.717) is 23.6 Å². The zero-order valence-electron chi connectivity index (χ0n) is 12.3. The lowest BCUT2D eigenvalue weighted by atomic mass is 10.0. The molecular formula is C19H14N2O2. The third-order valence-corrected chi connectivity index (χ3v) is 3.42. The van der Waals surface area contributed by atoms with E-state index in [4.69, 9.17) is 10.00 Å². The maximum Gasteiger partial charge on any atom is 0.146 e. The van der Waals surface area contributed by atoms with Gasteiger partial charge in [-0.3, -0.25) is 4.98 Å². The Labute approximate surface area is 134 Å². The highest BCUT2D eigenvalue weighted by molar-refractivity contribution is 5.76. The van der Waals surface area contributed by atoms with E-state index in [1.54, 1.807) is 30.5 Å². The summed E-state index contributed by atoms with van der Waals surface area (Å²) in [6, 6.07) is 20.3. The van der Waals surface area contributed by atoms with Gasteiger partial charge < -0.3 is 9.84 Å². The van der Waals surface area contributed by atoms with Gasteiger partial charge in [-0.2, -0.15) is 5.26 Å². The monoisotopic (exact) mass is 302 g/mol. The predicted molar refractivity (Wildman–Crippen MR) is 86.8 cm³/mol. The molecule has 0 spiro atoms. The van der Waals surface area contributed by atoms with E-state index in [1.165, 1.54) is 0 Å². The van der Waals surface area contributed by atoms with Crippen molar-refractivity contribution in [3.8, 4) is 28.8 Å². The molecule has 1 N–H and O–H groups in total. The Morgan fingerprint density at radius 1 is 1.00 bits per heavy atom. The molecule has 0 aliphatic heterocycles. The SMILES string of the molecule is N#Cc1ccc(OCc2ccccc2)c(-c2ccccn2)c1O. The van der Waals surface area contributed by atoms with Gasteiger partial charge in [-0.25, -0.2) is 0 Å². The molecular weight excluding hydrogens is 288 g/mol. The first-order valence-corrected chi connectivity index (χ1v) is 7.14. The molecule has 0 aliphatic carbocycles. The summed E-state index contributed by atoms with van der Waals surface area (Å²) in [5.74, 6) is 0.376. The third-order valence-electron chi connectivity index (χ3n) is 3.42. The van der Waals surface area contributed by atoms with Gasteiger partial charge in [0.1, 0.15) is 24.2 Å². The van der Waals surface area contributed by atoms with Crippen LogP contribution in [0.4, 0.5) is 0 Å². The Hall–Kier alpha value is -3.32. The average Bonchev–Trinajstić information content (AvgIpc) is 2.61. The molecule has 1 heterocycles. The summed E-state index contributed by atoms with van der Waals surface area (Å²) in [6.07, 6.45) is 1.63. The minimum Gasteiger partial charge on any atom is -0.506 e. The van der Waals surface area contributed by atoms with Crippen molar-refractivity contribution in [2.75, 3.05) is 0 Å². The fourth-order valence-corrected chi connectivity index (χ4v) is 2.28. The molecule has 3 aromatic rings. The van der Waals surface area contributed by atoms with Gasteiger partial charge in [0, 0.05) is 6.20 Å². The van der Waals surface area contributed by atoms with Gasteiger partial charge in [-0.15, -0.1) is 0 Å².